The summed E-state index contributed by atoms with van der Waals surface area (Å²) in [7, 11) is 0. The highest BCUT2D eigenvalue weighted by atomic mass is 32.2. The Morgan fingerprint density at radius 3 is 2.92 bits per heavy atom. The summed E-state index contributed by atoms with van der Waals surface area (Å²) in [6.45, 7) is 0. The molecule has 2 aromatic rings. The summed E-state index contributed by atoms with van der Waals surface area (Å²) in [6, 6.07) is 7.99. The largest absolute Gasteiger partial charge is 0.282 e. The molecule has 0 aliphatic rings. The Balaban J connectivity index is 2.64. The molecule has 3 heteroatoms. The summed E-state index contributed by atoms with van der Waals surface area (Å²) < 4.78 is 1.18. The van der Waals surface area contributed by atoms with Gasteiger partial charge >= 0.3 is 0 Å². The number of carbonyl (C=O) groups is 1. The normalized spacial score (nSPS) is 10.5. The Labute approximate surface area is 84.8 Å². The Kier molecular flexibility index (Phi) is 2.38. The first-order valence-corrected chi connectivity index (χ1v) is 5.98. The van der Waals surface area contributed by atoms with E-state index in [1.165, 1.54) is 16.5 Å². The molecular formula is C10H8OS2. The predicted molar refractivity (Wildman–Crippen MR) is 59.7 cm³/mol. The topological polar surface area (TPSA) is 17.1 Å². The first-order valence-electron chi connectivity index (χ1n) is 3.87. The average molecular weight is 208 g/mol. The van der Waals surface area contributed by atoms with Crippen molar-refractivity contribution in [3.63, 3.8) is 0 Å². The Bertz CT molecular complexity index is 445. The van der Waals surface area contributed by atoms with Crippen LogP contribution in [0, 0.1) is 0 Å². The number of hydrogen-bond donors (Lipinski definition) is 0. The SMILES string of the molecule is CSC(=O)c1csc2ccccc12. The number of rotatable bonds is 1. The molecule has 0 unspecified atom stereocenters. The van der Waals surface area contributed by atoms with Gasteiger partial charge in [-0.05, 0) is 12.3 Å². The van der Waals surface area contributed by atoms with Crippen molar-refractivity contribution in [3.8, 4) is 0 Å². The van der Waals surface area contributed by atoms with Gasteiger partial charge in [0.15, 0.2) is 0 Å². The van der Waals surface area contributed by atoms with Crippen molar-refractivity contribution in [1.29, 1.82) is 0 Å². The molecule has 0 aliphatic carbocycles. The zero-order chi connectivity index (χ0) is 9.26. The second-order valence-electron chi connectivity index (χ2n) is 2.64. The van der Waals surface area contributed by atoms with Gasteiger partial charge in [-0.25, -0.2) is 0 Å². The average Bonchev–Trinajstić information content (AvgIpc) is 2.60. The van der Waals surface area contributed by atoms with Crippen molar-refractivity contribution >= 4 is 38.3 Å². The third-order valence-corrected chi connectivity index (χ3v) is 3.44. The molecule has 1 heterocycles. The van der Waals surface area contributed by atoms with Crippen LogP contribution < -0.4 is 0 Å². The van der Waals surface area contributed by atoms with Gasteiger partial charge in [-0.15, -0.1) is 11.3 Å². The summed E-state index contributed by atoms with van der Waals surface area (Å²) in [6.07, 6.45) is 1.81. The molecular weight excluding hydrogens is 200 g/mol. The third-order valence-electron chi connectivity index (χ3n) is 1.89. The maximum Gasteiger partial charge on any atom is 0.220 e. The van der Waals surface area contributed by atoms with Crippen LogP contribution in [0.15, 0.2) is 29.6 Å². The van der Waals surface area contributed by atoms with Crippen molar-refractivity contribution < 1.29 is 4.79 Å². The van der Waals surface area contributed by atoms with E-state index in [1.807, 2.05) is 35.9 Å². The fourth-order valence-electron chi connectivity index (χ4n) is 1.25. The predicted octanol–water partition coefficient (Wildman–Crippen LogP) is 3.40. The van der Waals surface area contributed by atoms with Gasteiger partial charge in [0, 0.05) is 21.0 Å². The van der Waals surface area contributed by atoms with Crippen LogP contribution in [0.2, 0.25) is 0 Å². The van der Waals surface area contributed by atoms with E-state index in [-0.39, 0.29) is 5.12 Å². The van der Waals surface area contributed by atoms with Gasteiger partial charge in [-0.1, -0.05) is 30.0 Å². The van der Waals surface area contributed by atoms with Crippen molar-refractivity contribution in [2.24, 2.45) is 0 Å². The Morgan fingerprint density at radius 1 is 1.38 bits per heavy atom. The Morgan fingerprint density at radius 2 is 2.15 bits per heavy atom. The highest BCUT2D eigenvalue weighted by Gasteiger charge is 2.09. The minimum atomic E-state index is 0.150. The monoisotopic (exact) mass is 208 g/mol. The van der Waals surface area contributed by atoms with E-state index < -0.39 is 0 Å². The summed E-state index contributed by atoms with van der Waals surface area (Å²) in [5, 5.41) is 3.16. The quantitative estimate of drug-likeness (QED) is 0.714. The second kappa shape index (κ2) is 3.52. The smallest absolute Gasteiger partial charge is 0.220 e. The van der Waals surface area contributed by atoms with Gasteiger partial charge in [0.05, 0.1) is 0 Å². The first kappa shape index (κ1) is 8.78. The van der Waals surface area contributed by atoms with Crippen LogP contribution in [-0.2, 0) is 0 Å². The van der Waals surface area contributed by atoms with Crippen LogP contribution in [-0.4, -0.2) is 11.4 Å². The number of carbonyl (C=O) groups excluding carboxylic acids is 1. The van der Waals surface area contributed by atoms with Crippen LogP contribution in [0.4, 0.5) is 0 Å². The van der Waals surface area contributed by atoms with E-state index in [2.05, 4.69) is 0 Å². The maximum absolute atomic E-state index is 11.5. The van der Waals surface area contributed by atoms with E-state index >= 15 is 0 Å². The lowest BCUT2D eigenvalue weighted by Crippen LogP contribution is -1.88. The standard InChI is InChI=1S/C10H8OS2/c1-12-10(11)8-6-13-9-5-3-2-4-7(8)9/h2-6H,1H3. The number of thioether (sulfide) groups is 1. The molecule has 0 saturated heterocycles. The molecule has 1 aromatic heterocycles. The zero-order valence-electron chi connectivity index (χ0n) is 7.11. The molecule has 0 fully saturated rings. The molecule has 0 radical (unpaired) electrons. The van der Waals surface area contributed by atoms with Gasteiger partial charge in [0.25, 0.3) is 0 Å². The van der Waals surface area contributed by atoms with E-state index in [9.17, 15) is 4.79 Å². The number of benzene rings is 1. The lowest BCUT2D eigenvalue weighted by atomic mass is 10.2. The Hall–Kier alpha value is -0.800. The number of thiophene rings is 1. The lowest BCUT2D eigenvalue weighted by molar-refractivity contribution is 0.109. The zero-order valence-corrected chi connectivity index (χ0v) is 8.74. The van der Waals surface area contributed by atoms with Gasteiger partial charge in [-0.3, -0.25) is 4.79 Å². The van der Waals surface area contributed by atoms with Crippen LogP contribution in [0.25, 0.3) is 10.1 Å². The summed E-state index contributed by atoms with van der Waals surface area (Å²) in [5.74, 6) is 0. The molecule has 0 saturated carbocycles. The summed E-state index contributed by atoms with van der Waals surface area (Å²) in [4.78, 5) is 11.5. The second-order valence-corrected chi connectivity index (χ2v) is 4.33. The lowest BCUT2D eigenvalue weighted by Gasteiger charge is -1.93. The van der Waals surface area contributed by atoms with Gasteiger partial charge in [0.1, 0.15) is 0 Å². The fraction of sp³-hybridized carbons (Fsp3) is 0.100. The fourth-order valence-corrected chi connectivity index (χ4v) is 2.65. The maximum atomic E-state index is 11.5. The van der Waals surface area contributed by atoms with Crippen molar-refractivity contribution in [1.82, 2.24) is 0 Å². The molecule has 0 N–H and O–H groups in total. The first-order chi connectivity index (χ1) is 6.33. The summed E-state index contributed by atoms with van der Waals surface area (Å²) >= 11 is 2.89. The van der Waals surface area contributed by atoms with Crippen molar-refractivity contribution in [2.45, 2.75) is 0 Å². The summed E-state index contributed by atoms with van der Waals surface area (Å²) in [5.41, 5.74) is 0.841. The molecule has 0 spiro atoms. The minimum Gasteiger partial charge on any atom is -0.282 e. The molecule has 1 aromatic carbocycles. The third kappa shape index (κ3) is 1.49. The van der Waals surface area contributed by atoms with Gasteiger partial charge < -0.3 is 0 Å². The molecule has 66 valence electrons. The van der Waals surface area contributed by atoms with Crippen LogP contribution >= 0.6 is 23.1 Å². The molecule has 0 atom stereocenters. The van der Waals surface area contributed by atoms with E-state index in [1.54, 1.807) is 11.3 Å². The molecule has 0 amide bonds. The molecule has 1 nitrogen and oxygen atoms in total. The highest BCUT2D eigenvalue weighted by molar-refractivity contribution is 8.13. The molecule has 2 rings (SSSR count). The number of hydrogen-bond acceptors (Lipinski definition) is 3. The van der Waals surface area contributed by atoms with E-state index in [4.69, 9.17) is 0 Å². The van der Waals surface area contributed by atoms with E-state index in [0.29, 0.717) is 0 Å². The molecule has 0 bridgehead atoms. The van der Waals surface area contributed by atoms with Crippen molar-refractivity contribution in [3.05, 3.63) is 35.2 Å². The minimum absolute atomic E-state index is 0.150. The van der Waals surface area contributed by atoms with Crippen LogP contribution in [0.1, 0.15) is 10.4 Å². The van der Waals surface area contributed by atoms with Crippen LogP contribution in [0.5, 0.6) is 0 Å². The molecule has 13 heavy (non-hydrogen) atoms. The molecule has 0 aliphatic heterocycles. The van der Waals surface area contributed by atoms with Crippen LogP contribution in [0.3, 0.4) is 0 Å². The number of fused-ring (bicyclic) bond motifs is 1. The van der Waals surface area contributed by atoms with Gasteiger partial charge in [0.2, 0.25) is 5.12 Å². The van der Waals surface area contributed by atoms with Crippen molar-refractivity contribution in [2.75, 3.05) is 6.26 Å². The van der Waals surface area contributed by atoms with Gasteiger partial charge in [-0.2, -0.15) is 0 Å². The highest BCUT2D eigenvalue weighted by Crippen LogP contribution is 2.27. The van der Waals surface area contributed by atoms with E-state index in [0.717, 1.165) is 10.9 Å².